The van der Waals surface area contributed by atoms with Crippen LogP contribution in [0.3, 0.4) is 0 Å². The van der Waals surface area contributed by atoms with Crippen LogP contribution in [0.25, 0.3) is 0 Å². The first-order valence-electron chi connectivity index (χ1n) is 8.16. The zero-order chi connectivity index (χ0) is 16.7. The lowest BCUT2D eigenvalue weighted by molar-refractivity contribution is -0.124. The summed E-state index contributed by atoms with van der Waals surface area (Å²) in [5, 5.41) is 2.88. The van der Waals surface area contributed by atoms with Crippen molar-refractivity contribution in [3.05, 3.63) is 30.1 Å². The molecule has 0 aliphatic carbocycles. The first-order chi connectivity index (χ1) is 11.1. The lowest BCUT2D eigenvalue weighted by Gasteiger charge is -2.27. The van der Waals surface area contributed by atoms with E-state index < -0.39 is 6.04 Å². The molecule has 1 aliphatic heterocycles. The number of hydrogen-bond donors (Lipinski definition) is 2. The largest absolute Gasteiger partial charge is 0.381 e. The van der Waals surface area contributed by atoms with E-state index in [1.54, 1.807) is 12.1 Å². The molecule has 0 saturated carbocycles. The quantitative estimate of drug-likeness (QED) is 0.695. The molecular formula is C17H28Cl2FN3O2. The fourth-order valence-electron chi connectivity index (χ4n) is 2.82. The molecule has 0 bridgehead atoms. The van der Waals surface area contributed by atoms with Gasteiger partial charge in [-0.25, -0.2) is 4.39 Å². The molecule has 3 N–H and O–H groups in total. The van der Waals surface area contributed by atoms with Crippen LogP contribution in [-0.4, -0.2) is 45.3 Å². The minimum atomic E-state index is -0.469. The Bertz CT molecular complexity index is 516. The highest BCUT2D eigenvalue weighted by Crippen LogP contribution is 2.18. The summed E-state index contributed by atoms with van der Waals surface area (Å²) >= 11 is 0. The molecule has 1 fully saturated rings. The highest BCUT2D eigenvalue weighted by molar-refractivity contribution is 5.85. The van der Waals surface area contributed by atoms with Crippen LogP contribution in [0.4, 0.5) is 10.1 Å². The fraction of sp³-hybridized carbons (Fsp3) is 0.588. The Morgan fingerprint density at radius 2 is 2.00 bits per heavy atom. The first kappa shape index (κ1) is 23.9. The zero-order valence-electron chi connectivity index (χ0n) is 14.4. The predicted octanol–water partition coefficient (Wildman–Crippen LogP) is 2.37. The SMILES string of the molecule is CN(CCCNC(=O)C(N)C1CCOCC1)c1ccccc1F.Cl.Cl. The zero-order valence-corrected chi connectivity index (χ0v) is 16.1. The van der Waals surface area contributed by atoms with Gasteiger partial charge in [0.05, 0.1) is 11.7 Å². The Balaban J connectivity index is 0.00000288. The van der Waals surface area contributed by atoms with Crippen LogP contribution in [0, 0.1) is 11.7 Å². The van der Waals surface area contributed by atoms with E-state index in [4.69, 9.17) is 10.5 Å². The van der Waals surface area contributed by atoms with Crippen LogP contribution in [0.1, 0.15) is 19.3 Å². The molecule has 1 amide bonds. The number of halogens is 3. The maximum absolute atomic E-state index is 13.7. The average Bonchev–Trinajstić information content (AvgIpc) is 2.58. The molecule has 1 aromatic carbocycles. The van der Waals surface area contributed by atoms with E-state index in [0.29, 0.717) is 32.0 Å². The van der Waals surface area contributed by atoms with E-state index in [9.17, 15) is 9.18 Å². The van der Waals surface area contributed by atoms with E-state index in [2.05, 4.69) is 5.32 Å². The monoisotopic (exact) mass is 395 g/mol. The van der Waals surface area contributed by atoms with Crippen LogP contribution < -0.4 is 16.0 Å². The summed E-state index contributed by atoms with van der Waals surface area (Å²) in [6, 6.07) is 6.20. The summed E-state index contributed by atoms with van der Waals surface area (Å²) in [6.07, 6.45) is 2.41. The van der Waals surface area contributed by atoms with Gasteiger partial charge in [0.25, 0.3) is 0 Å². The second-order valence-corrected chi connectivity index (χ2v) is 5.99. The number of benzene rings is 1. The molecule has 25 heavy (non-hydrogen) atoms. The van der Waals surface area contributed by atoms with Crippen molar-refractivity contribution in [3.63, 3.8) is 0 Å². The standard InChI is InChI=1S/C17H26FN3O2.2ClH/c1-21(15-6-3-2-5-14(15)18)10-4-9-20-17(22)16(19)13-7-11-23-12-8-13;;/h2-3,5-6,13,16H,4,7-12,19H2,1H3,(H,20,22);2*1H. The number of amides is 1. The Hall–Kier alpha value is -1.08. The number of ether oxygens (including phenoxy) is 1. The summed E-state index contributed by atoms with van der Waals surface area (Å²) in [5.74, 6) is -0.143. The van der Waals surface area contributed by atoms with E-state index in [1.807, 2.05) is 18.0 Å². The van der Waals surface area contributed by atoms with E-state index in [-0.39, 0.29) is 42.5 Å². The van der Waals surface area contributed by atoms with Crippen molar-refractivity contribution in [2.24, 2.45) is 11.7 Å². The molecule has 2 rings (SSSR count). The smallest absolute Gasteiger partial charge is 0.237 e. The molecule has 1 unspecified atom stereocenters. The van der Waals surface area contributed by atoms with Crippen LogP contribution in [0.2, 0.25) is 0 Å². The Morgan fingerprint density at radius 3 is 2.64 bits per heavy atom. The van der Waals surface area contributed by atoms with Crippen LogP contribution in [-0.2, 0) is 9.53 Å². The molecule has 5 nitrogen and oxygen atoms in total. The number of nitrogens with one attached hydrogen (secondary N) is 1. The minimum absolute atomic E-state index is 0. The van der Waals surface area contributed by atoms with Gasteiger partial charge in [0.15, 0.2) is 0 Å². The van der Waals surface area contributed by atoms with Gasteiger partial charge in [-0.2, -0.15) is 0 Å². The molecule has 0 aromatic heterocycles. The van der Waals surface area contributed by atoms with Crippen LogP contribution >= 0.6 is 24.8 Å². The van der Waals surface area contributed by atoms with E-state index in [0.717, 1.165) is 19.3 Å². The van der Waals surface area contributed by atoms with Crippen molar-refractivity contribution in [1.82, 2.24) is 5.32 Å². The number of nitrogens with two attached hydrogens (primary N) is 1. The average molecular weight is 396 g/mol. The number of carbonyl (C=O) groups excluding carboxylic acids is 1. The van der Waals surface area contributed by atoms with Crippen molar-refractivity contribution in [2.45, 2.75) is 25.3 Å². The van der Waals surface area contributed by atoms with Crippen LogP contribution in [0.5, 0.6) is 0 Å². The summed E-state index contributed by atoms with van der Waals surface area (Å²) in [6.45, 7) is 2.56. The fourth-order valence-corrected chi connectivity index (χ4v) is 2.82. The number of para-hydroxylation sites is 1. The number of hydrogen-bond acceptors (Lipinski definition) is 4. The van der Waals surface area contributed by atoms with E-state index >= 15 is 0 Å². The Kier molecular flexibility index (Phi) is 11.8. The van der Waals surface area contributed by atoms with Gasteiger partial charge in [0, 0.05) is 33.4 Å². The topological polar surface area (TPSA) is 67.6 Å². The summed E-state index contributed by atoms with van der Waals surface area (Å²) in [4.78, 5) is 13.9. The number of carbonyl (C=O) groups is 1. The molecule has 144 valence electrons. The van der Waals surface area contributed by atoms with E-state index in [1.165, 1.54) is 6.07 Å². The molecule has 1 aromatic rings. The van der Waals surface area contributed by atoms with Gasteiger partial charge in [0.1, 0.15) is 5.82 Å². The van der Waals surface area contributed by atoms with Crippen molar-refractivity contribution in [3.8, 4) is 0 Å². The number of nitrogens with zero attached hydrogens (tertiary/aromatic N) is 1. The lowest BCUT2D eigenvalue weighted by Crippen LogP contribution is -2.47. The summed E-state index contributed by atoms with van der Waals surface area (Å²) < 4.78 is 18.9. The third-order valence-electron chi connectivity index (χ3n) is 4.31. The third kappa shape index (κ3) is 7.36. The molecular weight excluding hydrogens is 368 g/mol. The van der Waals surface area contributed by atoms with Crippen molar-refractivity contribution >= 4 is 36.4 Å². The molecule has 1 aliphatic rings. The second kappa shape index (κ2) is 12.3. The molecule has 1 atom stereocenters. The Labute approximate surface area is 161 Å². The maximum atomic E-state index is 13.7. The third-order valence-corrected chi connectivity index (χ3v) is 4.31. The maximum Gasteiger partial charge on any atom is 0.237 e. The predicted molar refractivity (Wildman–Crippen MR) is 103 cm³/mol. The van der Waals surface area contributed by atoms with Gasteiger partial charge < -0.3 is 20.7 Å². The number of anilines is 1. The summed E-state index contributed by atoms with van der Waals surface area (Å²) in [5.41, 5.74) is 6.58. The first-order valence-corrected chi connectivity index (χ1v) is 8.16. The van der Waals surface area contributed by atoms with Gasteiger partial charge in [0.2, 0.25) is 5.91 Å². The van der Waals surface area contributed by atoms with Crippen molar-refractivity contribution in [1.29, 1.82) is 0 Å². The lowest BCUT2D eigenvalue weighted by atomic mass is 9.92. The van der Waals surface area contributed by atoms with Gasteiger partial charge in [-0.15, -0.1) is 24.8 Å². The molecule has 0 spiro atoms. The van der Waals surface area contributed by atoms with Crippen molar-refractivity contribution in [2.75, 3.05) is 38.3 Å². The van der Waals surface area contributed by atoms with Gasteiger partial charge in [-0.1, -0.05) is 12.1 Å². The number of rotatable bonds is 7. The van der Waals surface area contributed by atoms with Gasteiger partial charge in [-0.3, -0.25) is 4.79 Å². The van der Waals surface area contributed by atoms with Crippen LogP contribution in [0.15, 0.2) is 24.3 Å². The molecule has 1 heterocycles. The highest BCUT2D eigenvalue weighted by atomic mass is 35.5. The Morgan fingerprint density at radius 1 is 1.36 bits per heavy atom. The molecule has 1 saturated heterocycles. The van der Waals surface area contributed by atoms with Gasteiger partial charge in [-0.05, 0) is 37.3 Å². The normalized spacial score (nSPS) is 15.5. The second-order valence-electron chi connectivity index (χ2n) is 5.99. The van der Waals surface area contributed by atoms with Gasteiger partial charge >= 0.3 is 0 Å². The molecule has 8 heteroatoms. The summed E-state index contributed by atoms with van der Waals surface area (Å²) in [7, 11) is 1.84. The minimum Gasteiger partial charge on any atom is -0.381 e. The van der Waals surface area contributed by atoms with Crippen molar-refractivity contribution < 1.29 is 13.9 Å². The highest BCUT2D eigenvalue weighted by Gasteiger charge is 2.26. The molecule has 0 radical (unpaired) electrons.